The monoisotopic (exact) mass is 390 g/mol. The van der Waals surface area contributed by atoms with Crippen molar-refractivity contribution in [3.63, 3.8) is 0 Å². The summed E-state index contributed by atoms with van der Waals surface area (Å²) in [5.74, 6) is 2.14. The molecule has 0 unspecified atom stereocenters. The second-order valence-electron chi connectivity index (χ2n) is 5.93. The minimum Gasteiger partial charge on any atom is -0.454 e. The van der Waals surface area contributed by atoms with Gasteiger partial charge in [0, 0.05) is 13.1 Å². The van der Waals surface area contributed by atoms with Crippen molar-refractivity contribution in [1.29, 1.82) is 0 Å². The van der Waals surface area contributed by atoms with Gasteiger partial charge in [-0.1, -0.05) is 18.2 Å². The fourth-order valence-electron chi connectivity index (χ4n) is 2.53. The number of nitrogens with one attached hydrogen (secondary N) is 2. The van der Waals surface area contributed by atoms with Crippen molar-refractivity contribution in [2.24, 2.45) is 10.1 Å². The Balaban J connectivity index is 1.62. The van der Waals surface area contributed by atoms with Gasteiger partial charge in [-0.2, -0.15) is 0 Å². The molecule has 0 atom stereocenters. The Morgan fingerprint density at radius 1 is 1.07 bits per heavy atom. The average molecular weight is 390 g/mol. The molecule has 1 heterocycles. The van der Waals surface area contributed by atoms with Gasteiger partial charge < -0.3 is 20.1 Å². The van der Waals surface area contributed by atoms with Crippen LogP contribution in [-0.4, -0.2) is 27.7 Å². The van der Waals surface area contributed by atoms with Gasteiger partial charge in [-0.15, -0.1) is 0 Å². The molecule has 8 nitrogen and oxygen atoms in total. The molecule has 0 aromatic heterocycles. The van der Waals surface area contributed by atoms with Gasteiger partial charge in [-0.25, -0.2) is 18.5 Å². The van der Waals surface area contributed by atoms with Crippen LogP contribution in [0.4, 0.5) is 0 Å². The zero-order valence-electron chi connectivity index (χ0n) is 14.9. The fourth-order valence-corrected chi connectivity index (χ4v) is 3.05. The highest BCUT2D eigenvalue weighted by Crippen LogP contribution is 2.32. The highest BCUT2D eigenvalue weighted by Gasteiger charge is 2.13. The van der Waals surface area contributed by atoms with Gasteiger partial charge in [0.1, 0.15) is 0 Å². The molecular formula is C18H22N4O4S. The van der Waals surface area contributed by atoms with Gasteiger partial charge in [0.05, 0.1) is 11.4 Å². The summed E-state index contributed by atoms with van der Waals surface area (Å²) in [5, 5.41) is 11.5. The molecule has 0 saturated carbocycles. The van der Waals surface area contributed by atoms with Crippen molar-refractivity contribution in [3.8, 4) is 11.5 Å². The summed E-state index contributed by atoms with van der Waals surface area (Å²) in [6, 6.07) is 12.2. The molecule has 2 aromatic rings. The third-order valence-electron chi connectivity index (χ3n) is 3.91. The second-order valence-corrected chi connectivity index (χ2v) is 7.49. The lowest BCUT2D eigenvalue weighted by Crippen LogP contribution is -2.36. The van der Waals surface area contributed by atoms with E-state index in [1.807, 2.05) is 25.1 Å². The van der Waals surface area contributed by atoms with Crippen molar-refractivity contribution in [3.05, 3.63) is 53.6 Å². The topological polar surface area (TPSA) is 115 Å². The first kappa shape index (κ1) is 19.0. The highest BCUT2D eigenvalue weighted by molar-refractivity contribution is 7.89. The molecule has 0 bridgehead atoms. The van der Waals surface area contributed by atoms with Crippen LogP contribution in [0.15, 0.2) is 52.4 Å². The van der Waals surface area contributed by atoms with Crippen LogP contribution in [0.5, 0.6) is 11.5 Å². The zero-order valence-corrected chi connectivity index (χ0v) is 15.8. The number of aliphatic imine (C=N–C) groups is 1. The summed E-state index contributed by atoms with van der Waals surface area (Å²) < 4.78 is 33.3. The molecule has 144 valence electrons. The van der Waals surface area contributed by atoms with Gasteiger partial charge in [-0.3, -0.25) is 0 Å². The Kier molecular flexibility index (Phi) is 5.82. The summed E-state index contributed by atoms with van der Waals surface area (Å²) in [7, 11) is -3.68. The van der Waals surface area contributed by atoms with E-state index in [-0.39, 0.29) is 11.7 Å². The summed E-state index contributed by atoms with van der Waals surface area (Å²) in [6.07, 6.45) is 0. The van der Waals surface area contributed by atoms with Crippen molar-refractivity contribution in [1.82, 2.24) is 10.6 Å². The first-order chi connectivity index (χ1) is 13.0. The smallest absolute Gasteiger partial charge is 0.238 e. The Morgan fingerprint density at radius 3 is 2.48 bits per heavy atom. The molecule has 0 amide bonds. The lowest BCUT2D eigenvalue weighted by atomic mass is 10.2. The van der Waals surface area contributed by atoms with Gasteiger partial charge in [0.15, 0.2) is 17.5 Å². The molecule has 0 saturated heterocycles. The molecule has 3 rings (SSSR count). The van der Waals surface area contributed by atoms with E-state index in [1.54, 1.807) is 12.1 Å². The maximum absolute atomic E-state index is 11.3. The minimum atomic E-state index is -3.68. The maximum atomic E-state index is 11.3. The second kappa shape index (κ2) is 8.28. The Morgan fingerprint density at radius 2 is 1.78 bits per heavy atom. The van der Waals surface area contributed by atoms with E-state index in [0.717, 1.165) is 29.2 Å². The lowest BCUT2D eigenvalue weighted by molar-refractivity contribution is 0.174. The number of fused-ring (bicyclic) bond motifs is 1. The number of ether oxygens (including phenoxy) is 2. The Bertz CT molecular complexity index is 927. The third kappa shape index (κ3) is 5.11. The molecule has 0 fully saturated rings. The molecule has 0 spiro atoms. The van der Waals surface area contributed by atoms with E-state index >= 15 is 0 Å². The number of guanidine groups is 1. The van der Waals surface area contributed by atoms with Gasteiger partial charge in [0.25, 0.3) is 0 Å². The van der Waals surface area contributed by atoms with Crippen molar-refractivity contribution >= 4 is 16.0 Å². The van der Waals surface area contributed by atoms with Crippen LogP contribution in [0.3, 0.4) is 0 Å². The van der Waals surface area contributed by atoms with Crippen LogP contribution in [0, 0.1) is 0 Å². The van der Waals surface area contributed by atoms with Crippen LogP contribution in [0.25, 0.3) is 0 Å². The molecule has 0 aliphatic carbocycles. The number of nitrogens with zero attached hydrogens (tertiary/aromatic N) is 1. The standard InChI is InChI=1S/C18H22N4O4S/c1-2-20-18(21-10-13-3-6-15(7-4-13)27(19,23)24)22-11-14-5-8-16-17(9-14)26-12-25-16/h3-9H,2,10-12H2,1H3,(H2,19,23,24)(H2,20,21,22). The van der Waals surface area contributed by atoms with Gasteiger partial charge in [-0.05, 0) is 42.3 Å². The van der Waals surface area contributed by atoms with Crippen molar-refractivity contribution in [2.45, 2.75) is 24.9 Å². The van der Waals surface area contributed by atoms with E-state index < -0.39 is 10.0 Å². The van der Waals surface area contributed by atoms with Crippen LogP contribution in [0.2, 0.25) is 0 Å². The molecule has 1 aliphatic rings. The molecule has 4 N–H and O–H groups in total. The number of hydrogen-bond donors (Lipinski definition) is 3. The van der Waals surface area contributed by atoms with E-state index in [2.05, 4.69) is 15.6 Å². The molecule has 2 aromatic carbocycles. The van der Waals surface area contributed by atoms with Crippen molar-refractivity contribution in [2.75, 3.05) is 13.3 Å². The van der Waals surface area contributed by atoms with Crippen LogP contribution in [-0.2, 0) is 23.1 Å². The van der Waals surface area contributed by atoms with Crippen molar-refractivity contribution < 1.29 is 17.9 Å². The quantitative estimate of drug-likeness (QED) is 0.506. The molecular weight excluding hydrogens is 368 g/mol. The van der Waals surface area contributed by atoms with Gasteiger partial charge in [0.2, 0.25) is 16.8 Å². The SMILES string of the molecule is CCNC(=NCc1ccc2c(c1)OCO2)NCc1ccc(S(N)(=O)=O)cc1. The number of benzene rings is 2. The predicted octanol–water partition coefficient (Wildman–Crippen LogP) is 1.32. The van der Waals surface area contributed by atoms with Gasteiger partial charge >= 0.3 is 0 Å². The summed E-state index contributed by atoms with van der Waals surface area (Å²) >= 11 is 0. The number of nitrogens with two attached hydrogens (primary N) is 1. The Hall–Kier alpha value is -2.78. The summed E-state index contributed by atoms with van der Waals surface area (Å²) in [5.41, 5.74) is 1.92. The van der Waals surface area contributed by atoms with Crippen LogP contribution in [0.1, 0.15) is 18.1 Å². The molecule has 27 heavy (non-hydrogen) atoms. The van der Waals surface area contributed by atoms with E-state index in [0.29, 0.717) is 19.0 Å². The van der Waals surface area contributed by atoms with E-state index in [4.69, 9.17) is 14.6 Å². The molecule has 1 aliphatic heterocycles. The maximum Gasteiger partial charge on any atom is 0.238 e. The largest absolute Gasteiger partial charge is 0.454 e. The highest BCUT2D eigenvalue weighted by atomic mass is 32.2. The number of hydrogen-bond acceptors (Lipinski definition) is 5. The zero-order chi connectivity index (χ0) is 19.3. The minimum absolute atomic E-state index is 0.0923. The predicted molar refractivity (Wildman–Crippen MR) is 102 cm³/mol. The number of rotatable bonds is 6. The molecule has 0 radical (unpaired) electrons. The average Bonchev–Trinajstić information content (AvgIpc) is 3.11. The first-order valence-corrected chi connectivity index (χ1v) is 10.0. The number of primary sulfonamides is 1. The third-order valence-corrected chi connectivity index (χ3v) is 4.84. The summed E-state index contributed by atoms with van der Waals surface area (Å²) in [4.78, 5) is 4.66. The van der Waals surface area contributed by atoms with E-state index in [9.17, 15) is 8.42 Å². The summed E-state index contributed by atoms with van der Waals surface area (Å²) in [6.45, 7) is 3.93. The first-order valence-electron chi connectivity index (χ1n) is 8.48. The number of sulfonamides is 1. The Labute approximate surface area is 158 Å². The lowest BCUT2D eigenvalue weighted by Gasteiger charge is -2.12. The van der Waals surface area contributed by atoms with E-state index in [1.165, 1.54) is 12.1 Å². The van der Waals surface area contributed by atoms with Crippen LogP contribution >= 0.6 is 0 Å². The molecule has 9 heteroatoms. The fraction of sp³-hybridized carbons (Fsp3) is 0.278. The normalized spacial score (nSPS) is 13.5. The van der Waals surface area contributed by atoms with Crippen LogP contribution < -0.4 is 25.2 Å².